The Hall–Kier alpha value is -1.42. The summed E-state index contributed by atoms with van der Waals surface area (Å²) in [7, 11) is 0. The first-order valence-electron chi connectivity index (χ1n) is 6.90. The average Bonchev–Trinajstić information content (AvgIpc) is 2.33. The van der Waals surface area contributed by atoms with Crippen molar-refractivity contribution in [3.63, 3.8) is 0 Å². The molecule has 0 bridgehead atoms. The van der Waals surface area contributed by atoms with Crippen LogP contribution >= 0.6 is 0 Å². The van der Waals surface area contributed by atoms with Gasteiger partial charge < -0.3 is 11.1 Å². The fourth-order valence-corrected chi connectivity index (χ4v) is 3.63. The van der Waals surface area contributed by atoms with E-state index in [0.717, 1.165) is 5.56 Å². The maximum Gasteiger partial charge on any atom is 0.251 e. The van der Waals surface area contributed by atoms with Crippen LogP contribution in [0.25, 0.3) is 0 Å². The molecule has 2 rings (SSSR count). The number of carbonyl (C=O) groups is 1. The third-order valence-electron chi connectivity index (χ3n) is 4.67. The average molecular weight is 278 g/mol. The fourth-order valence-electron chi connectivity index (χ4n) is 3.63. The summed E-state index contributed by atoms with van der Waals surface area (Å²) in [5.41, 5.74) is 6.94. The summed E-state index contributed by atoms with van der Waals surface area (Å²) >= 11 is 0. The van der Waals surface area contributed by atoms with Crippen molar-refractivity contribution in [3.05, 3.63) is 35.1 Å². The van der Waals surface area contributed by atoms with Gasteiger partial charge in [0.1, 0.15) is 5.82 Å². The number of hydrogen-bond acceptors (Lipinski definition) is 2. The van der Waals surface area contributed by atoms with Gasteiger partial charge in [0.15, 0.2) is 0 Å². The minimum atomic E-state index is -0.390. The molecule has 3 nitrogen and oxygen atoms in total. The zero-order valence-corrected chi connectivity index (χ0v) is 12.8. The number of aryl methyl sites for hydroxylation is 1. The second-order valence-corrected chi connectivity index (χ2v) is 7.04. The van der Waals surface area contributed by atoms with Crippen LogP contribution in [0, 0.1) is 23.6 Å². The van der Waals surface area contributed by atoms with Crippen LogP contribution < -0.4 is 11.1 Å². The predicted molar refractivity (Wildman–Crippen MR) is 77.9 cm³/mol. The molecule has 0 atom stereocenters. The molecular formula is C16H23FN2O. The Morgan fingerprint density at radius 2 is 1.75 bits per heavy atom. The molecule has 20 heavy (non-hydrogen) atoms. The number of amides is 1. The van der Waals surface area contributed by atoms with E-state index in [-0.39, 0.29) is 34.6 Å². The first kappa shape index (κ1) is 15.0. The molecule has 0 radical (unpaired) electrons. The molecule has 0 aliphatic heterocycles. The lowest BCUT2D eigenvalue weighted by Crippen LogP contribution is -2.76. The maximum absolute atomic E-state index is 13.4. The van der Waals surface area contributed by atoms with Crippen LogP contribution in [0.2, 0.25) is 0 Å². The molecule has 0 spiro atoms. The first-order chi connectivity index (χ1) is 9.06. The summed E-state index contributed by atoms with van der Waals surface area (Å²) in [4.78, 5) is 12.3. The molecule has 1 aliphatic carbocycles. The van der Waals surface area contributed by atoms with Crippen LogP contribution in [0.1, 0.15) is 43.6 Å². The van der Waals surface area contributed by atoms with Gasteiger partial charge in [-0.1, -0.05) is 27.7 Å². The van der Waals surface area contributed by atoms with E-state index >= 15 is 0 Å². The van der Waals surface area contributed by atoms with Gasteiger partial charge in [0, 0.05) is 28.5 Å². The third-order valence-corrected chi connectivity index (χ3v) is 4.67. The van der Waals surface area contributed by atoms with E-state index in [1.807, 2.05) is 27.7 Å². The summed E-state index contributed by atoms with van der Waals surface area (Å²) in [6.45, 7) is 9.96. The van der Waals surface area contributed by atoms with Crippen molar-refractivity contribution in [2.45, 2.75) is 46.7 Å². The van der Waals surface area contributed by atoms with Gasteiger partial charge in [-0.25, -0.2) is 4.39 Å². The van der Waals surface area contributed by atoms with Gasteiger partial charge in [-0.3, -0.25) is 4.79 Å². The molecule has 4 heteroatoms. The molecule has 1 fully saturated rings. The van der Waals surface area contributed by atoms with E-state index < -0.39 is 0 Å². The van der Waals surface area contributed by atoms with Gasteiger partial charge in [-0.05, 0) is 30.7 Å². The summed E-state index contributed by atoms with van der Waals surface area (Å²) in [6.07, 6.45) is 0. The van der Waals surface area contributed by atoms with Gasteiger partial charge in [-0.15, -0.1) is 0 Å². The molecular weight excluding hydrogens is 255 g/mol. The number of benzene rings is 1. The Balaban J connectivity index is 2.20. The lowest BCUT2D eigenvalue weighted by Gasteiger charge is -2.62. The van der Waals surface area contributed by atoms with E-state index in [1.165, 1.54) is 12.1 Å². The Morgan fingerprint density at radius 1 is 1.20 bits per heavy atom. The zero-order chi connectivity index (χ0) is 15.3. The number of rotatable bonds is 2. The number of halogens is 1. The quantitative estimate of drug-likeness (QED) is 0.873. The number of hydrogen-bond donors (Lipinski definition) is 2. The van der Waals surface area contributed by atoms with E-state index in [9.17, 15) is 9.18 Å². The second-order valence-electron chi connectivity index (χ2n) is 7.04. The Labute approximate surface area is 119 Å². The minimum absolute atomic E-state index is 0.0227. The van der Waals surface area contributed by atoms with E-state index in [1.54, 1.807) is 13.0 Å². The van der Waals surface area contributed by atoms with Crippen molar-refractivity contribution in [2.24, 2.45) is 16.6 Å². The van der Waals surface area contributed by atoms with Crippen molar-refractivity contribution in [3.8, 4) is 0 Å². The molecule has 1 aromatic rings. The monoisotopic (exact) mass is 278 g/mol. The number of nitrogens with two attached hydrogens (primary N) is 1. The molecule has 110 valence electrons. The summed E-state index contributed by atoms with van der Waals surface area (Å²) in [5.74, 6) is -0.635. The molecule has 0 saturated heterocycles. The lowest BCUT2D eigenvalue weighted by molar-refractivity contribution is -0.0663. The number of nitrogens with one attached hydrogen (secondary N) is 1. The molecule has 1 saturated carbocycles. The van der Waals surface area contributed by atoms with Gasteiger partial charge in [-0.2, -0.15) is 0 Å². The largest absolute Gasteiger partial charge is 0.348 e. The van der Waals surface area contributed by atoms with Crippen LogP contribution in [0.5, 0.6) is 0 Å². The molecule has 0 aromatic heterocycles. The zero-order valence-electron chi connectivity index (χ0n) is 12.8. The smallest absolute Gasteiger partial charge is 0.251 e. The van der Waals surface area contributed by atoms with Crippen molar-refractivity contribution < 1.29 is 9.18 Å². The minimum Gasteiger partial charge on any atom is -0.348 e. The second kappa shape index (κ2) is 4.55. The van der Waals surface area contributed by atoms with Crippen molar-refractivity contribution in [1.29, 1.82) is 0 Å². The molecule has 1 aromatic carbocycles. The van der Waals surface area contributed by atoms with Gasteiger partial charge in [0.25, 0.3) is 5.91 Å². The highest BCUT2D eigenvalue weighted by atomic mass is 19.1. The summed E-state index contributed by atoms with van der Waals surface area (Å²) < 4.78 is 13.4. The van der Waals surface area contributed by atoms with E-state index in [0.29, 0.717) is 5.56 Å². The van der Waals surface area contributed by atoms with E-state index in [2.05, 4.69) is 5.32 Å². The molecule has 1 aliphatic rings. The summed E-state index contributed by atoms with van der Waals surface area (Å²) in [5, 5.41) is 3.01. The van der Waals surface area contributed by atoms with E-state index in [4.69, 9.17) is 5.73 Å². The molecule has 0 heterocycles. The van der Waals surface area contributed by atoms with Crippen molar-refractivity contribution in [1.82, 2.24) is 5.32 Å². The maximum atomic E-state index is 13.4. The van der Waals surface area contributed by atoms with Gasteiger partial charge >= 0.3 is 0 Å². The normalized spacial score (nSPS) is 26.8. The fraction of sp³-hybridized carbons (Fsp3) is 0.562. The standard InChI is InChI=1S/C16H23FN2O/c1-9-6-10(8-11(17)7-9)12(20)19-14-15(2,3)13(18)16(14,4)5/h6-8,13-14H,18H2,1-5H3,(H,19,20). The Kier molecular flexibility index (Phi) is 3.41. The van der Waals surface area contributed by atoms with Gasteiger partial charge in [0.05, 0.1) is 0 Å². The Bertz CT molecular complexity index is 515. The van der Waals surface area contributed by atoms with Crippen LogP contribution in [0.15, 0.2) is 18.2 Å². The highest BCUT2D eigenvalue weighted by Gasteiger charge is 2.60. The van der Waals surface area contributed by atoms with Crippen LogP contribution in [0.3, 0.4) is 0 Å². The lowest BCUT2D eigenvalue weighted by atomic mass is 9.48. The van der Waals surface area contributed by atoms with Crippen LogP contribution in [-0.4, -0.2) is 18.0 Å². The topological polar surface area (TPSA) is 55.1 Å². The SMILES string of the molecule is Cc1cc(F)cc(C(=O)NC2C(C)(C)C(N)C2(C)C)c1. The Morgan fingerprint density at radius 3 is 2.25 bits per heavy atom. The van der Waals surface area contributed by atoms with Crippen LogP contribution in [-0.2, 0) is 0 Å². The number of carbonyl (C=O) groups excluding carboxylic acids is 1. The van der Waals surface area contributed by atoms with Crippen molar-refractivity contribution in [2.75, 3.05) is 0 Å². The van der Waals surface area contributed by atoms with Crippen molar-refractivity contribution >= 4 is 5.91 Å². The molecule has 1 amide bonds. The molecule has 0 unspecified atom stereocenters. The van der Waals surface area contributed by atoms with Gasteiger partial charge in [0.2, 0.25) is 0 Å². The highest BCUT2D eigenvalue weighted by molar-refractivity contribution is 5.94. The first-order valence-corrected chi connectivity index (χ1v) is 6.90. The third kappa shape index (κ3) is 2.22. The highest BCUT2D eigenvalue weighted by Crippen LogP contribution is 2.52. The predicted octanol–water partition coefficient (Wildman–Crippen LogP) is 2.63. The van der Waals surface area contributed by atoms with Crippen LogP contribution in [0.4, 0.5) is 4.39 Å². The summed E-state index contributed by atoms with van der Waals surface area (Å²) in [6, 6.07) is 4.36. The molecule has 3 N–H and O–H groups in total.